The molecule has 0 saturated carbocycles. The molecule has 7 nitrogen and oxygen atoms in total. The van der Waals surface area contributed by atoms with Crippen LogP contribution < -0.4 is 16.9 Å². The normalized spacial score (nSPS) is 12.6. The second-order valence-electron chi connectivity index (χ2n) is 8.27. The van der Waals surface area contributed by atoms with Crippen molar-refractivity contribution in [2.45, 2.75) is 12.8 Å². The number of thioether (sulfide) groups is 1. The highest BCUT2D eigenvalue weighted by Gasteiger charge is 2.25. The maximum atomic E-state index is 13.1. The van der Waals surface area contributed by atoms with Crippen LogP contribution in [0.25, 0.3) is 38.7 Å². The Labute approximate surface area is 215 Å². The van der Waals surface area contributed by atoms with Crippen LogP contribution in [0.4, 0.5) is 13.2 Å². The van der Waals surface area contributed by atoms with Gasteiger partial charge in [-0.1, -0.05) is 30.3 Å². The number of benzene rings is 1. The van der Waals surface area contributed by atoms with Crippen LogP contribution >= 0.6 is 11.8 Å². The second kappa shape index (κ2) is 10.6. The number of allylic oxidation sites excluding steroid dienone is 1. The number of nitrogens with two attached hydrogens (primary N) is 1. The SMILES string of the molecule is CSCCn1cc(-c2ccccc2)c(-c2cn(C)c(=O)c3[nH]c(C(=C/N)/C=N/C(F)(F)F)cc23)cc1=O.[HH]. The number of H-pyrrole nitrogens is 1. The topological polar surface area (TPSA) is 98.2 Å². The Balaban J connectivity index is 0.00000400. The molecule has 0 aliphatic carbocycles. The largest absolute Gasteiger partial charge is 0.503 e. The number of hydrogen-bond acceptors (Lipinski definition) is 5. The molecule has 0 bridgehead atoms. The third-order valence-electron chi connectivity index (χ3n) is 5.84. The molecule has 0 spiro atoms. The van der Waals surface area contributed by atoms with E-state index >= 15 is 0 Å². The van der Waals surface area contributed by atoms with Crippen molar-refractivity contribution in [2.75, 3.05) is 12.0 Å². The first-order valence-corrected chi connectivity index (χ1v) is 12.6. The van der Waals surface area contributed by atoms with E-state index in [1.807, 2.05) is 36.6 Å². The first kappa shape index (κ1) is 26.1. The molecule has 11 heteroatoms. The first-order valence-electron chi connectivity index (χ1n) is 11.2. The molecule has 0 aliphatic rings. The zero-order valence-corrected chi connectivity index (χ0v) is 20.9. The van der Waals surface area contributed by atoms with Gasteiger partial charge in [0.05, 0.1) is 0 Å². The van der Waals surface area contributed by atoms with Crippen LogP contribution in [0.5, 0.6) is 0 Å². The van der Waals surface area contributed by atoms with Crippen LogP contribution in [0, 0.1) is 0 Å². The van der Waals surface area contributed by atoms with E-state index in [0.29, 0.717) is 29.3 Å². The Morgan fingerprint density at radius 3 is 2.51 bits per heavy atom. The van der Waals surface area contributed by atoms with Crippen LogP contribution in [-0.4, -0.2) is 38.6 Å². The lowest BCUT2D eigenvalue weighted by molar-refractivity contribution is -0.118. The number of aliphatic imine (C=N–C) groups is 1. The van der Waals surface area contributed by atoms with E-state index in [4.69, 9.17) is 5.73 Å². The number of halogens is 3. The van der Waals surface area contributed by atoms with Gasteiger partial charge in [0.15, 0.2) is 0 Å². The summed E-state index contributed by atoms with van der Waals surface area (Å²) in [6.45, 7) is 0.528. The minimum atomic E-state index is -4.77. The molecule has 1 aromatic carbocycles. The monoisotopic (exact) mass is 529 g/mol. The molecule has 0 aliphatic heterocycles. The van der Waals surface area contributed by atoms with Gasteiger partial charge in [-0.3, -0.25) is 9.59 Å². The molecule has 0 atom stereocenters. The fraction of sp³-hybridized carbons (Fsp3) is 0.192. The van der Waals surface area contributed by atoms with E-state index in [-0.39, 0.29) is 29.3 Å². The average Bonchev–Trinajstić information content (AvgIpc) is 3.31. The highest BCUT2D eigenvalue weighted by Crippen LogP contribution is 2.35. The summed E-state index contributed by atoms with van der Waals surface area (Å²) in [6, 6.07) is 12.6. The van der Waals surface area contributed by atoms with Gasteiger partial charge in [-0.05, 0) is 23.4 Å². The molecule has 4 aromatic rings. The molecule has 3 N–H and O–H groups in total. The minimum absolute atomic E-state index is 0. The van der Waals surface area contributed by atoms with Crippen molar-refractivity contribution in [1.82, 2.24) is 14.1 Å². The minimum Gasteiger partial charge on any atom is -0.404 e. The second-order valence-corrected chi connectivity index (χ2v) is 9.26. The van der Waals surface area contributed by atoms with Gasteiger partial charge < -0.3 is 19.9 Å². The molecule has 37 heavy (non-hydrogen) atoms. The summed E-state index contributed by atoms with van der Waals surface area (Å²) in [5, 5.41) is 0.441. The number of fused-ring (bicyclic) bond motifs is 1. The zero-order chi connectivity index (χ0) is 26.7. The number of alkyl halides is 3. The van der Waals surface area contributed by atoms with Crippen molar-refractivity contribution >= 4 is 34.5 Å². The van der Waals surface area contributed by atoms with Crippen LogP contribution in [0.2, 0.25) is 0 Å². The molecular formula is C26H26F3N5O2S. The lowest BCUT2D eigenvalue weighted by Crippen LogP contribution is -2.21. The highest BCUT2D eigenvalue weighted by molar-refractivity contribution is 7.98. The number of hydrogen-bond donors (Lipinski definition) is 2. The van der Waals surface area contributed by atoms with Gasteiger partial charge in [-0.25, -0.2) is 0 Å². The molecule has 3 aromatic heterocycles. The Morgan fingerprint density at radius 1 is 1.14 bits per heavy atom. The molecule has 0 fully saturated rings. The van der Waals surface area contributed by atoms with Crippen molar-refractivity contribution in [3.05, 3.63) is 87.5 Å². The van der Waals surface area contributed by atoms with Crippen molar-refractivity contribution in [1.29, 1.82) is 0 Å². The third-order valence-corrected chi connectivity index (χ3v) is 6.43. The number of aromatic amines is 1. The Hall–Kier alpha value is -3.99. The molecule has 0 unspecified atom stereocenters. The fourth-order valence-corrected chi connectivity index (χ4v) is 4.44. The summed E-state index contributed by atoms with van der Waals surface area (Å²) in [5.74, 6) is 0.756. The van der Waals surface area contributed by atoms with E-state index in [2.05, 4.69) is 9.98 Å². The summed E-state index contributed by atoms with van der Waals surface area (Å²) in [6.07, 6.45) is 2.18. The predicted octanol–water partition coefficient (Wildman–Crippen LogP) is 4.86. The van der Waals surface area contributed by atoms with Gasteiger partial charge in [-0.15, -0.1) is 13.2 Å². The molecule has 0 amide bonds. The van der Waals surface area contributed by atoms with Crippen LogP contribution in [0.15, 0.2) is 75.6 Å². The molecule has 4 rings (SSSR count). The Morgan fingerprint density at radius 2 is 1.86 bits per heavy atom. The number of pyridine rings is 2. The molecule has 3 heterocycles. The van der Waals surface area contributed by atoms with Gasteiger partial charge in [0, 0.05) is 79.4 Å². The maximum Gasteiger partial charge on any atom is 0.503 e. The fourth-order valence-electron chi connectivity index (χ4n) is 4.06. The quantitative estimate of drug-likeness (QED) is 0.264. The first-order chi connectivity index (χ1) is 17.6. The summed E-state index contributed by atoms with van der Waals surface area (Å²) >= 11 is 1.63. The van der Waals surface area contributed by atoms with Crippen molar-refractivity contribution in [2.24, 2.45) is 17.8 Å². The summed E-state index contributed by atoms with van der Waals surface area (Å²) in [7, 11) is 1.57. The number of aromatic nitrogens is 3. The van der Waals surface area contributed by atoms with E-state index in [0.717, 1.165) is 23.1 Å². The number of nitrogens with zero attached hydrogens (tertiary/aromatic N) is 3. The highest BCUT2D eigenvalue weighted by atomic mass is 32.2. The van der Waals surface area contributed by atoms with Crippen LogP contribution in [0.3, 0.4) is 0 Å². The van der Waals surface area contributed by atoms with Gasteiger partial charge >= 0.3 is 6.30 Å². The summed E-state index contributed by atoms with van der Waals surface area (Å²) < 4.78 is 41.0. The maximum absolute atomic E-state index is 13.1. The summed E-state index contributed by atoms with van der Waals surface area (Å²) in [4.78, 5) is 31.5. The van der Waals surface area contributed by atoms with Crippen LogP contribution in [0.1, 0.15) is 7.12 Å². The van der Waals surface area contributed by atoms with Gasteiger partial charge in [0.2, 0.25) is 0 Å². The van der Waals surface area contributed by atoms with Crippen molar-refractivity contribution in [3.8, 4) is 22.3 Å². The van der Waals surface area contributed by atoms with E-state index in [1.165, 1.54) is 10.6 Å². The van der Waals surface area contributed by atoms with E-state index in [9.17, 15) is 22.8 Å². The summed E-state index contributed by atoms with van der Waals surface area (Å²) in [5.41, 5.74) is 8.09. The molecule has 194 valence electrons. The molecule has 0 radical (unpaired) electrons. The Bertz CT molecular complexity index is 1620. The third kappa shape index (κ3) is 5.56. The van der Waals surface area contributed by atoms with Gasteiger partial charge in [0.1, 0.15) is 5.52 Å². The van der Waals surface area contributed by atoms with Crippen molar-refractivity contribution in [3.63, 3.8) is 0 Å². The number of nitrogens with one attached hydrogen (secondary N) is 1. The lowest BCUT2D eigenvalue weighted by Gasteiger charge is -2.15. The number of aryl methyl sites for hydroxylation is 2. The van der Waals surface area contributed by atoms with Gasteiger partial charge in [-0.2, -0.15) is 16.8 Å². The molecule has 0 saturated heterocycles. The van der Waals surface area contributed by atoms with E-state index in [1.54, 1.807) is 41.8 Å². The van der Waals surface area contributed by atoms with Crippen molar-refractivity contribution < 1.29 is 14.6 Å². The van der Waals surface area contributed by atoms with Crippen LogP contribution in [-0.2, 0) is 13.6 Å². The lowest BCUT2D eigenvalue weighted by atomic mass is 9.95. The zero-order valence-electron chi connectivity index (χ0n) is 20.0. The standard InChI is InChI=1S/C26H24F3N5O2S.H2/c1-33-14-21(19-10-22(32-24(19)25(33)36)17(12-30)13-31-26(27,28)29)18-11-23(35)34(8-9-37-2)15-20(18)16-6-4-3-5-7-16;/h3-7,10-15,32H,8-9,30H2,1-2H3;1H/b17-12+,31-13+;. The average molecular weight is 530 g/mol. The Kier molecular flexibility index (Phi) is 7.44. The van der Waals surface area contributed by atoms with E-state index < -0.39 is 6.30 Å². The van der Waals surface area contributed by atoms with Gasteiger partial charge in [0.25, 0.3) is 11.1 Å². The smallest absolute Gasteiger partial charge is 0.404 e. The molecular weight excluding hydrogens is 503 g/mol. The number of rotatable bonds is 7. The predicted molar refractivity (Wildman–Crippen MR) is 146 cm³/mol.